The number of fused-ring (bicyclic) bond motifs is 1. The Kier molecular flexibility index (Phi) is 6.76. The van der Waals surface area contributed by atoms with E-state index in [1.165, 1.54) is 27.1 Å². The fourth-order valence-electron chi connectivity index (χ4n) is 4.20. The maximum absolute atomic E-state index is 13.8. The Hall–Kier alpha value is -3.52. The summed E-state index contributed by atoms with van der Waals surface area (Å²) in [7, 11) is 0. The molecule has 3 aromatic rings. The van der Waals surface area contributed by atoms with Crippen LogP contribution in [-0.4, -0.2) is 33.6 Å². The first kappa shape index (κ1) is 24.6. The van der Waals surface area contributed by atoms with Crippen molar-refractivity contribution in [3.63, 3.8) is 0 Å². The molecule has 0 saturated heterocycles. The van der Waals surface area contributed by atoms with Crippen LogP contribution in [0.3, 0.4) is 0 Å². The van der Waals surface area contributed by atoms with Crippen molar-refractivity contribution in [2.24, 2.45) is 0 Å². The van der Waals surface area contributed by atoms with Crippen molar-refractivity contribution in [3.05, 3.63) is 75.3 Å². The van der Waals surface area contributed by atoms with E-state index in [2.05, 4.69) is 11.2 Å². The first-order valence-electron chi connectivity index (χ1n) is 10.6. The summed E-state index contributed by atoms with van der Waals surface area (Å²) in [6, 6.07) is 10.3. The van der Waals surface area contributed by atoms with Gasteiger partial charge in [0.1, 0.15) is 10.9 Å². The lowest BCUT2D eigenvalue weighted by Crippen LogP contribution is -2.37. The molecule has 1 amide bonds. The number of benzene rings is 1. The summed E-state index contributed by atoms with van der Waals surface area (Å²) >= 11 is 1.17. The Morgan fingerprint density at radius 2 is 2.03 bits per heavy atom. The molecule has 1 aliphatic rings. The second kappa shape index (κ2) is 9.62. The van der Waals surface area contributed by atoms with E-state index in [4.69, 9.17) is 0 Å². The highest BCUT2D eigenvalue weighted by Gasteiger charge is 2.39. The molecule has 0 saturated carbocycles. The normalized spacial score (nSPS) is 16.1. The lowest BCUT2D eigenvalue weighted by Gasteiger charge is -2.33. The number of carbonyl (C=O) groups is 1. The maximum Gasteiger partial charge on any atom is 0.435 e. The molecule has 0 N–H and O–H groups in total. The van der Waals surface area contributed by atoms with Crippen molar-refractivity contribution in [2.75, 3.05) is 6.54 Å². The zero-order valence-electron chi connectivity index (χ0n) is 18.4. The fraction of sp³-hybridized carbons (Fsp3) is 0.292. The van der Waals surface area contributed by atoms with Crippen molar-refractivity contribution >= 4 is 17.2 Å². The Balaban J connectivity index is 1.85. The molecule has 182 valence electrons. The van der Waals surface area contributed by atoms with Gasteiger partial charge in [-0.1, -0.05) is 24.3 Å². The molecule has 3 heterocycles. The summed E-state index contributed by atoms with van der Waals surface area (Å²) in [5.74, 6) is -1.21. The maximum atomic E-state index is 13.8. The van der Waals surface area contributed by atoms with Gasteiger partial charge in [-0.3, -0.25) is 9.48 Å². The summed E-state index contributed by atoms with van der Waals surface area (Å²) in [4.78, 5) is 15.1. The number of nitriles is 1. The van der Waals surface area contributed by atoms with Gasteiger partial charge in [0.2, 0.25) is 5.91 Å². The summed E-state index contributed by atoms with van der Waals surface area (Å²) in [6.45, 7) is 2.10. The van der Waals surface area contributed by atoms with Gasteiger partial charge in [0.15, 0.2) is 5.69 Å². The van der Waals surface area contributed by atoms with Gasteiger partial charge in [0.05, 0.1) is 6.54 Å². The Labute approximate surface area is 201 Å². The highest BCUT2D eigenvalue weighted by atomic mass is 32.1. The molecule has 4 rings (SSSR count). The largest absolute Gasteiger partial charge is 0.435 e. The quantitative estimate of drug-likeness (QED) is 0.324. The van der Waals surface area contributed by atoms with Gasteiger partial charge in [-0.2, -0.15) is 23.5 Å². The first-order chi connectivity index (χ1) is 16.6. The molecule has 0 aliphatic carbocycles. The number of aromatic nitrogens is 2. The van der Waals surface area contributed by atoms with Crippen molar-refractivity contribution in [1.82, 2.24) is 14.7 Å². The van der Waals surface area contributed by atoms with E-state index in [-0.39, 0.29) is 25.2 Å². The SMILES string of the molecule is CCn1cc(-c2ccccc2C2CN(C(=O)/C=C/C(F)F)Cc3sc(C#N)cc32)c(C(F)(F)F)n1. The number of alkyl halides is 5. The van der Waals surface area contributed by atoms with E-state index in [0.717, 1.165) is 11.6 Å². The van der Waals surface area contributed by atoms with Crippen molar-refractivity contribution < 1.29 is 26.7 Å². The average Bonchev–Trinajstić information content (AvgIpc) is 3.46. The molecule has 1 atom stereocenters. The molecule has 0 bridgehead atoms. The van der Waals surface area contributed by atoms with Crippen LogP contribution in [0.4, 0.5) is 22.0 Å². The van der Waals surface area contributed by atoms with Crippen LogP contribution < -0.4 is 0 Å². The molecule has 11 heteroatoms. The molecule has 0 radical (unpaired) electrons. The average molecular weight is 507 g/mol. The number of aryl methyl sites for hydroxylation is 1. The highest BCUT2D eigenvalue weighted by molar-refractivity contribution is 7.12. The lowest BCUT2D eigenvalue weighted by atomic mass is 9.83. The number of halogens is 5. The van der Waals surface area contributed by atoms with Crippen molar-refractivity contribution in [1.29, 1.82) is 5.26 Å². The van der Waals surface area contributed by atoms with Crippen LogP contribution in [0.5, 0.6) is 0 Å². The second-order valence-corrected chi connectivity index (χ2v) is 9.03. The van der Waals surface area contributed by atoms with Gasteiger partial charge in [0.25, 0.3) is 6.43 Å². The van der Waals surface area contributed by atoms with E-state index < -0.39 is 30.1 Å². The standard InChI is InChI=1S/C24H19F5N4OS/c1-2-33-12-19(23(31-33)24(27,28)29)16-6-4-3-5-15(16)18-11-32(22(34)8-7-21(25)26)13-20-17(18)9-14(10-30)35-20/h3-9,12,18,21H,2,11,13H2,1H3/b8-7+. The third-order valence-electron chi connectivity index (χ3n) is 5.74. The molecule has 0 spiro atoms. The van der Waals surface area contributed by atoms with Crippen LogP contribution in [-0.2, 0) is 24.1 Å². The topological polar surface area (TPSA) is 61.9 Å². The molecule has 0 fully saturated rings. The Morgan fingerprint density at radius 1 is 1.29 bits per heavy atom. The number of thiophene rings is 1. The molecule has 1 aliphatic heterocycles. The van der Waals surface area contributed by atoms with Gasteiger partial charge in [-0.15, -0.1) is 11.3 Å². The predicted molar refractivity (Wildman–Crippen MR) is 120 cm³/mol. The summed E-state index contributed by atoms with van der Waals surface area (Å²) < 4.78 is 67.9. The van der Waals surface area contributed by atoms with Crippen LogP contribution in [0.1, 0.15) is 39.4 Å². The smallest absolute Gasteiger partial charge is 0.333 e. The zero-order valence-corrected chi connectivity index (χ0v) is 19.2. The monoisotopic (exact) mass is 506 g/mol. The summed E-state index contributed by atoms with van der Waals surface area (Å²) in [6.07, 6.45) is -4.85. The van der Waals surface area contributed by atoms with E-state index in [9.17, 15) is 32.0 Å². The second-order valence-electron chi connectivity index (χ2n) is 7.90. The minimum absolute atomic E-state index is 0.0568. The fourth-order valence-corrected chi connectivity index (χ4v) is 5.24. The van der Waals surface area contributed by atoms with Crippen molar-refractivity contribution in [2.45, 2.75) is 38.5 Å². The minimum Gasteiger partial charge on any atom is -0.333 e. The summed E-state index contributed by atoms with van der Waals surface area (Å²) in [5, 5.41) is 13.1. The van der Waals surface area contributed by atoms with Crippen LogP contribution in [0.2, 0.25) is 0 Å². The molecular formula is C24H19F5N4OS. The molecule has 5 nitrogen and oxygen atoms in total. The lowest BCUT2D eigenvalue weighted by molar-refractivity contribution is -0.141. The minimum atomic E-state index is -4.68. The van der Waals surface area contributed by atoms with E-state index in [1.54, 1.807) is 37.3 Å². The number of nitrogens with zero attached hydrogens (tertiary/aromatic N) is 4. The molecule has 2 aromatic heterocycles. The molecule has 1 aromatic carbocycles. The zero-order chi connectivity index (χ0) is 25.3. The van der Waals surface area contributed by atoms with E-state index in [0.29, 0.717) is 27.0 Å². The van der Waals surface area contributed by atoms with Crippen LogP contribution >= 0.6 is 11.3 Å². The van der Waals surface area contributed by atoms with Gasteiger partial charge < -0.3 is 4.90 Å². The number of carbonyl (C=O) groups excluding carboxylic acids is 1. The summed E-state index contributed by atoms with van der Waals surface area (Å²) in [5.41, 5.74) is 0.453. The predicted octanol–water partition coefficient (Wildman–Crippen LogP) is 5.82. The third-order valence-corrected chi connectivity index (χ3v) is 6.78. The van der Waals surface area contributed by atoms with Gasteiger partial charge >= 0.3 is 6.18 Å². The highest BCUT2D eigenvalue weighted by Crippen LogP contribution is 2.44. The number of hydrogen-bond donors (Lipinski definition) is 0. The van der Waals surface area contributed by atoms with Crippen LogP contribution in [0.15, 0.2) is 48.7 Å². The number of allylic oxidation sites excluding steroid dienone is 1. The molecular weight excluding hydrogens is 487 g/mol. The van der Waals surface area contributed by atoms with Crippen molar-refractivity contribution in [3.8, 4) is 17.2 Å². The Morgan fingerprint density at radius 3 is 2.69 bits per heavy atom. The molecule has 35 heavy (non-hydrogen) atoms. The number of hydrogen-bond acceptors (Lipinski definition) is 4. The van der Waals surface area contributed by atoms with Gasteiger partial charge in [-0.05, 0) is 35.8 Å². The van der Waals surface area contributed by atoms with Gasteiger partial charge in [-0.25, -0.2) is 8.78 Å². The number of amides is 1. The van der Waals surface area contributed by atoms with E-state index in [1.807, 2.05) is 0 Å². The van der Waals surface area contributed by atoms with Crippen LogP contribution in [0.25, 0.3) is 11.1 Å². The third kappa shape index (κ3) is 4.98. The molecule has 1 unspecified atom stereocenters. The van der Waals surface area contributed by atoms with E-state index >= 15 is 0 Å². The first-order valence-corrected chi connectivity index (χ1v) is 11.5. The Bertz CT molecular complexity index is 1320. The van der Waals surface area contributed by atoms with Gasteiger partial charge in [0, 0.05) is 41.7 Å². The van der Waals surface area contributed by atoms with Crippen LogP contribution in [0, 0.1) is 11.3 Å². The number of rotatable bonds is 5.